The molecule has 2 aromatic carbocycles. The van der Waals surface area contributed by atoms with Gasteiger partial charge in [0, 0.05) is 11.0 Å². The number of rotatable bonds is 4. The molecule has 0 aliphatic carbocycles. The quantitative estimate of drug-likeness (QED) is 0.813. The van der Waals surface area contributed by atoms with Crippen LogP contribution in [0.4, 0.5) is 5.69 Å². The molecule has 0 saturated carbocycles. The Morgan fingerprint density at radius 1 is 1.17 bits per heavy atom. The van der Waals surface area contributed by atoms with Gasteiger partial charge >= 0.3 is 0 Å². The standard InChI is InChI=1S/C15H13BrClN/c1-11(12-5-3-2-4-6-12)10-18-15-8-7-13(16)9-14(15)17/h2-9,18H,1,10H2. The zero-order chi connectivity index (χ0) is 13.0. The van der Waals surface area contributed by atoms with E-state index in [4.69, 9.17) is 11.6 Å². The molecule has 2 rings (SSSR count). The summed E-state index contributed by atoms with van der Waals surface area (Å²) in [6.45, 7) is 4.74. The molecule has 0 amide bonds. The second-order valence-electron chi connectivity index (χ2n) is 3.95. The molecule has 1 nitrogen and oxygen atoms in total. The molecule has 0 radical (unpaired) electrons. The molecule has 1 N–H and O–H groups in total. The van der Waals surface area contributed by atoms with E-state index in [1.165, 1.54) is 0 Å². The van der Waals surface area contributed by atoms with E-state index < -0.39 is 0 Å². The van der Waals surface area contributed by atoms with Crippen molar-refractivity contribution in [2.24, 2.45) is 0 Å². The summed E-state index contributed by atoms with van der Waals surface area (Å²) in [5.74, 6) is 0. The fourth-order valence-corrected chi connectivity index (χ4v) is 2.35. The van der Waals surface area contributed by atoms with Crippen LogP contribution in [0.15, 0.2) is 59.6 Å². The first-order chi connectivity index (χ1) is 8.66. The number of hydrogen-bond acceptors (Lipinski definition) is 1. The molecular formula is C15H13BrClN. The van der Waals surface area contributed by atoms with E-state index >= 15 is 0 Å². The molecule has 3 heteroatoms. The minimum atomic E-state index is 0.672. The third-order valence-corrected chi connectivity index (χ3v) is 3.41. The van der Waals surface area contributed by atoms with Gasteiger partial charge in [0.2, 0.25) is 0 Å². The van der Waals surface area contributed by atoms with E-state index in [-0.39, 0.29) is 0 Å². The number of benzene rings is 2. The Bertz CT molecular complexity index is 552. The minimum Gasteiger partial charge on any atom is -0.380 e. The minimum absolute atomic E-state index is 0.672. The van der Waals surface area contributed by atoms with Gasteiger partial charge in [-0.3, -0.25) is 0 Å². The molecule has 0 fully saturated rings. The summed E-state index contributed by atoms with van der Waals surface area (Å²) >= 11 is 9.52. The SMILES string of the molecule is C=C(CNc1ccc(Br)cc1Cl)c1ccccc1. The van der Waals surface area contributed by atoms with Crippen molar-refractivity contribution in [2.75, 3.05) is 11.9 Å². The van der Waals surface area contributed by atoms with Crippen LogP contribution < -0.4 is 5.32 Å². The summed E-state index contributed by atoms with van der Waals surface area (Å²) in [5, 5.41) is 3.99. The van der Waals surface area contributed by atoms with Gasteiger partial charge in [-0.05, 0) is 29.3 Å². The summed E-state index contributed by atoms with van der Waals surface area (Å²) < 4.78 is 0.972. The summed E-state index contributed by atoms with van der Waals surface area (Å²) in [4.78, 5) is 0. The highest BCUT2D eigenvalue weighted by Crippen LogP contribution is 2.26. The van der Waals surface area contributed by atoms with Crippen LogP contribution in [0.1, 0.15) is 5.56 Å². The lowest BCUT2D eigenvalue weighted by atomic mass is 10.1. The predicted molar refractivity (Wildman–Crippen MR) is 83.1 cm³/mol. The summed E-state index contributed by atoms with van der Waals surface area (Å²) in [5.41, 5.74) is 3.09. The Balaban J connectivity index is 2.02. The van der Waals surface area contributed by atoms with Crippen LogP contribution in [0.3, 0.4) is 0 Å². The Hall–Kier alpha value is -1.25. The topological polar surface area (TPSA) is 12.0 Å². The molecule has 92 valence electrons. The highest BCUT2D eigenvalue weighted by atomic mass is 79.9. The van der Waals surface area contributed by atoms with Gasteiger partial charge in [-0.25, -0.2) is 0 Å². The molecule has 0 atom stereocenters. The average molecular weight is 323 g/mol. The maximum Gasteiger partial charge on any atom is 0.0648 e. The molecular weight excluding hydrogens is 310 g/mol. The molecule has 0 aliphatic heterocycles. The highest BCUT2D eigenvalue weighted by molar-refractivity contribution is 9.10. The fraction of sp³-hybridized carbons (Fsp3) is 0.0667. The van der Waals surface area contributed by atoms with E-state index in [0.29, 0.717) is 11.6 Å². The second-order valence-corrected chi connectivity index (χ2v) is 5.27. The zero-order valence-corrected chi connectivity index (χ0v) is 12.1. The molecule has 0 aromatic heterocycles. The van der Waals surface area contributed by atoms with Gasteiger partial charge in [0.1, 0.15) is 0 Å². The average Bonchev–Trinajstić information content (AvgIpc) is 2.38. The smallest absolute Gasteiger partial charge is 0.0648 e. The molecule has 0 heterocycles. The van der Waals surface area contributed by atoms with Gasteiger partial charge in [0.05, 0.1) is 10.7 Å². The normalized spacial score (nSPS) is 10.1. The first-order valence-electron chi connectivity index (χ1n) is 5.59. The van der Waals surface area contributed by atoms with E-state index in [2.05, 4.69) is 27.8 Å². The molecule has 0 unspecified atom stereocenters. The number of anilines is 1. The van der Waals surface area contributed by atoms with Gasteiger partial charge in [0.15, 0.2) is 0 Å². The third kappa shape index (κ3) is 3.37. The molecule has 0 aliphatic rings. The van der Waals surface area contributed by atoms with E-state index in [1.54, 1.807) is 0 Å². The predicted octanol–water partition coefficient (Wildman–Crippen LogP) is 5.23. The molecule has 18 heavy (non-hydrogen) atoms. The van der Waals surface area contributed by atoms with Crippen LogP contribution in [0.25, 0.3) is 5.57 Å². The van der Waals surface area contributed by atoms with E-state index in [0.717, 1.165) is 21.3 Å². The van der Waals surface area contributed by atoms with Gasteiger partial charge in [-0.2, -0.15) is 0 Å². The number of halogens is 2. The Labute approximate surface area is 121 Å². The van der Waals surface area contributed by atoms with Crippen LogP contribution in [0.5, 0.6) is 0 Å². The second kappa shape index (κ2) is 6.07. The lowest BCUT2D eigenvalue weighted by molar-refractivity contribution is 1.34. The Morgan fingerprint density at radius 3 is 2.56 bits per heavy atom. The maximum atomic E-state index is 6.14. The zero-order valence-electron chi connectivity index (χ0n) is 9.79. The van der Waals surface area contributed by atoms with Crippen molar-refractivity contribution in [3.05, 3.63) is 70.2 Å². The van der Waals surface area contributed by atoms with E-state index in [1.807, 2.05) is 48.5 Å². The molecule has 0 spiro atoms. The van der Waals surface area contributed by atoms with Crippen LogP contribution in [0, 0.1) is 0 Å². The third-order valence-electron chi connectivity index (χ3n) is 2.61. The van der Waals surface area contributed by atoms with Crippen molar-refractivity contribution >= 4 is 38.8 Å². The van der Waals surface area contributed by atoms with Gasteiger partial charge in [-0.15, -0.1) is 0 Å². The monoisotopic (exact) mass is 321 g/mol. The Morgan fingerprint density at radius 2 is 1.89 bits per heavy atom. The fourth-order valence-electron chi connectivity index (χ4n) is 1.61. The lowest BCUT2D eigenvalue weighted by Crippen LogP contribution is -2.03. The number of nitrogens with one attached hydrogen (secondary N) is 1. The van der Waals surface area contributed by atoms with Crippen molar-refractivity contribution in [1.82, 2.24) is 0 Å². The van der Waals surface area contributed by atoms with Crippen LogP contribution >= 0.6 is 27.5 Å². The highest BCUT2D eigenvalue weighted by Gasteiger charge is 2.02. The van der Waals surface area contributed by atoms with Crippen LogP contribution in [-0.4, -0.2) is 6.54 Å². The van der Waals surface area contributed by atoms with Gasteiger partial charge < -0.3 is 5.32 Å². The molecule has 0 bridgehead atoms. The lowest BCUT2D eigenvalue weighted by Gasteiger charge is -2.11. The van der Waals surface area contributed by atoms with E-state index in [9.17, 15) is 0 Å². The summed E-state index contributed by atoms with van der Waals surface area (Å²) in [7, 11) is 0. The summed E-state index contributed by atoms with van der Waals surface area (Å²) in [6.07, 6.45) is 0. The van der Waals surface area contributed by atoms with Crippen molar-refractivity contribution < 1.29 is 0 Å². The van der Waals surface area contributed by atoms with Crippen molar-refractivity contribution in [2.45, 2.75) is 0 Å². The maximum absolute atomic E-state index is 6.14. The van der Waals surface area contributed by atoms with Crippen molar-refractivity contribution in [1.29, 1.82) is 0 Å². The summed E-state index contributed by atoms with van der Waals surface area (Å²) in [6, 6.07) is 15.9. The van der Waals surface area contributed by atoms with Gasteiger partial charge in [0.25, 0.3) is 0 Å². The van der Waals surface area contributed by atoms with Gasteiger partial charge in [-0.1, -0.05) is 64.4 Å². The van der Waals surface area contributed by atoms with Crippen LogP contribution in [-0.2, 0) is 0 Å². The van der Waals surface area contributed by atoms with Crippen LogP contribution in [0.2, 0.25) is 5.02 Å². The molecule has 2 aromatic rings. The van der Waals surface area contributed by atoms with Crippen molar-refractivity contribution in [3.8, 4) is 0 Å². The number of hydrogen-bond donors (Lipinski definition) is 1. The van der Waals surface area contributed by atoms with Crippen molar-refractivity contribution in [3.63, 3.8) is 0 Å². The first kappa shape index (κ1) is 13.2. The molecule has 0 saturated heterocycles. The Kier molecular flexibility index (Phi) is 4.45. The first-order valence-corrected chi connectivity index (χ1v) is 6.76. The largest absolute Gasteiger partial charge is 0.380 e.